The van der Waals surface area contributed by atoms with Crippen molar-refractivity contribution in [3.8, 4) is 78.1 Å². The largest absolute Gasteiger partial charge is 0.308 e. The van der Waals surface area contributed by atoms with Crippen molar-refractivity contribution in [2.75, 3.05) is 0 Å². The number of thiophene rings is 4. The first-order chi connectivity index (χ1) is 46.6. The third-order valence-electron chi connectivity index (χ3n) is 18.9. The number of hydrogen-bond acceptors (Lipinski definition) is 4. The van der Waals surface area contributed by atoms with Gasteiger partial charge in [-0.3, -0.25) is 0 Å². The van der Waals surface area contributed by atoms with E-state index in [1.54, 1.807) is 0 Å². The molecule has 94 heavy (non-hydrogen) atoms. The molecular weight excluding hydrogens is 1210 g/mol. The average molecular weight is 1270 g/mol. The molecule has 0 spiro atoms. The lowest BCUT2D eigenvalue weighted by atomic mass is 9.95. The van der Waals surface area contributed by atoms with Crippen molar-refractivity contribution in [3.05, 3.63) is 328 Å². The van der Waals surface area contributed by atoms with Crippen LogP contribution in [-0.2, 0) is 0 Å². The zero-order chi connectivity index (χ0) is 61.8. The summed E-state index contributed by atoms with van der Waals surface area (Å²) in [5, 5.41) is 10.6. The lowest BCUT2D eigenvalue weighted by Gasteiger charge is -2.11. The molecule has 6 heteroatoms. The second-order valence-electron chi connectivity index (χ2n) is 24.1. The molecule has 440 valence electrons. The Kier molecular flexibility index (Phi) is 13.1. The smallest absolute Gasteiger partial charge is 0.0734 e. The molecule has 0 unspecified atom stereocenters. The number of para-hydroxylation sites is 4. The van der Waals surface area contributed by atoms with Gasteiger partial charge in [0.05, 0.1) is 31.5 Å². The van der Waals surface area contributed by atoms with E-state index in [1.165, 1.54) is 181 Å². The quantitative estimate of drug-likeness (QED) is 0.143. The fraction of sp³-hybridized carbons (Fsp3) is 0. The third kappa shape index (κ3) is 8.86. The maximum absolute atomic E-state index is 2.45. The first-order valence-electron chi connectivity index (χ1n) is 31.9. The van der Waals surface area contributed by atoms with Gasteiger partial charge < -0.3 is 9.13 Å². The van der Waals surface area contributed by atoms with Crippen LogP contribution in [0.3, 0.4) is 0 Å². The van der Waals surface area contributed by atoms with E-state index in [9.17, 15) is 0 Å². The summed E-state index contributed by atoms with van der Waals surface area (Å²) in [5.74, 6) is 0. The summed E-state index contributed by atoms with van der Waals surface area (Å²) in [5.41, 5.74) is 22.6. The first-order valence-corrected chi connectivity index (χ1v) is 35.1. The number of benzene rings is 14. The molecule has 0 saturated carbocycles. The summed E-state index contributed by atoms with van der Waals surface area (Å²) in [4.78, 5) is 0. The summed E-state index contributed by atoms with van der Waals surface area (Å²) in [6.07, 6.45) is 0. The van der Waals surface area contributed by atoms with Gasteiger partial charge in [-0.2, -0.15) is 0 Å². The van der Waals surface area contributed by atoms with Crippen LogP contribution in [0.1, 0.15) is 0 Å². The molecule has 0 amide bonds. The fourth-order valence-electron chi connectivity index (χ4n) is 14.6. The van der Waals surface area contributed by atoms with Crippen molar-refractivity contribution in [1.82, 2.24) is 9.13 Å². The first kappa shape index (κ1) is 54.7. The van der Waals surface area contributed by atoms with E-state index in [0.717, 1.165) is 0 Å². The highest BCUT2D eigenvalue weighted by molar-refractivity contribution is 7.28. The van der Waals surface area contributed by atoms with Crippen LogP contribution in [0.5, 0.6) is 0 Å². The Bertz CT molecular complexity index is 6300. The standard InChI is InChI=1S/2C44H27NS2/c1-3-12-28(13-4-1)34-19-9-20-36-40-32(17-10-22-38(40)46-43(34)36)29-24-26-30(27-25-29)33-18-11-23-39-41(33)42-44(47-39)35-16-7-8-21-37(35)45(42)31-14-5-2-6-15-31;1-3-11-28(12-4-1)31-25-26-39-37(27-31)35-18-9-17-34(43(35)46-39)30-23-21-29(22-24-30)33-16-10-20-40-41(33)42-44(47-40)36-15-7-8-19-38(36)45(42)32-13-5-2-6-14-32/h2*1-27H. The number of aromatic nitrogens is 2. The zero-order valence-corrected chi connectivity index (χ0v) is 54.0. The zero-order valence-electron chi connectivity index (χ0n) is 50.7. The van der Waals surface area contributed by atoms with Crippen molar-refractivity contribution >= 4 is 148 Å². The molecule has 0 atom stereocenters. The number of hydrogen-bond donors (Lipinski definition) is 0. The normalized spacial score (nSPS) is 11.8. The van der Waals surface area contributed by atoms with Crippen LogP contribution in [0.4, 0.5) is 0 Å². The van der Waals surface area contributed by atoms with Crippen molar-refractivity contribution in [2.24, 2.45) is 0 Å². The van der Waals surface area contributed by atoms with Gasteiger partial charge in [0.25, 0.3) is 0 Å². The van der Waals surface area contributed by atoms with Gasteiger partial charge >= 0.3 is 0 Å². The molecule has 0 saturated heterocycles. The van der Waals surface area contributed by atoms with E-state index in [1.807, 2.05) is 45.3 Å². The van der Waals surface area contributed by atoms with Gasteiger partial charge in [0.2, 0.25) is 0 Å². The van der Waals surface area contributed by atoms with E-state index in [-0.39, 0.29) is 0 Å². The van der Waals surface area contributed by atoms with E-state index in [2.05, 4.69) is 337 Å². The Labute approximate surface area is 558 Å². The van der Waals surface area contributed by atoms with Crippen molar-refractivity contribution in [2.45, 2.75) is 0 Å². The molecular formula is C88H54N2S4. The van der Waals surface area contributed by atoms with Gasteiger partial charge in [-0.15, -0.1) is 45.3 Å². The fourth-order valence-corrected chi connectivity index (χ4v) is 19.6. The van der Waals surface area contributed by atoms with Crippen LogP contribution in [-0.4, -0.2) is 9.13 Å². The highest BCUT2D eigenvalue weighted by Gasteiger charge is 2.23. The van der Waals surface area contributed by atoms with Crippen LogP contribution in [0.15, 0.2) is 328 Å². The van der Waals surface area contributed by atoms with Crippen molar-refractivity contribution < 1.29 is 0 Å². The van der Waals surface area contributed by atoms with Gasteiger partial charge in [0.1, 0.15) is 0 Å². The minimum absolute atomic E-state index is 1.19. The van der Waals surface area contributed by atoms with Gasteiger partial charge in [0.15, 0.2) is 0 Å². The molecule has 6 aromatic heterocycles. The number of nitrogens with zero attached hydrogens (tertiary/aromatic N) is 2. The van der Waals surface area contributed by atoms with Crippen molar-refractivity contribution in [1.29, 1.82) is 0 Å². The second-order valence-corrected chi connectivity index (χ2v) is 28.3. The predicted molar refractivity (Wildman–Crippen MR) is 411 cm³/mol. The van der Waals surface area contributed by atoms with Gasteiger partial charge in [-0.1, -0.05) is 261 Å². The maximum atomic E-state index is 2.45. The summed E-state index contributed by atoms with van der Waals surface area (Å²) in [7, 11) is 0. The summed E-state index contributed by atoms with van der Waals surface area (Å²) in [6.45, 7) is 0. The van der Waals surface area contributed by atoms with Crippen LogP contribution in [0.2, 0.25) is 0 Å². The monoisotopic (exact) mass is 1270 g/mol. The van der Waals surface area contributed by atoms with Gasteiger partial charge in [0, 0.05) is 82.7 Å². The highest BCUT2D eigenvalue weighted by Crippen LogP contribution is 2.50. The lowest BCUT2D eigenvalue weighted by molar-refractivity contribution is 1.19. The summed E-state index contributed by atoms with van der Waals surface area (Å²) in [6, 6.07) is 120. The minimum atomic E-state index is 1.19. The molecule has 2 nitrogen and oxygen atoms in total. The Hall–Kier alpha value is -11.0. The Morgan fingerprint density at radius 1 is 0.191 bits per heavy atom. The molecule has 0 radical (unpaired) electrons. The molecule has 14 aromatic carbocycles. The molecule has 0 aliphatic rings. The van der Waals surface area contributed by atoms with E-state index in [4.69, 9.17) is 0 Å². The van der Waals surface area contributed by atoms with Crippen LogP contribution >= 0.6 is 45.3 Å². The van der Waals surface area contributed by atoms with Crippen LogP contribution in [0.25, 0.3) is 181 Å². The van der Waals surface area contributed by atoms with E-state index < -0.39 is 0 Å². The number of fused-ring (bicyclic) bond motifs is 16. The molecule has 0 aliphatic carbocycles. The Balaban J connectivity index is 0.000000133. The topological polar surface area (TPSA) is 9.86 Å². The summed E-state index contributed by atoms with van der Waals surface area (Å²) >= 11 is 7.59. The minimum Gasteiger partial charge on any atom is -0.308 e. The molecule has 0 N–H and O–H groups in total. The van der Waals surface area contributed by atoms with E-state index in [0.29, 0.717) is 0 Å². The SMILES string of the molecule is c1ccc(-c2ccc3sc4c(-c5ccc(-c6cccc7sc8c9ccccc9n(-c9ccccc9)c8c67)cc5)cccc4c3c2)cc1.c1ccc(-c2cccc3c2sc2cccc(-c4ccc(-c5cccc6sc7c8ccccc8n(-c8ccccc8)c7c56)cc4)c23)cc1. The van der Waals surface area contributed by atoms with Crippen LogP contribution < -0.4 is 0 Å². The second kappa shape index (κ2) is 22.4. The Morgan fingerprint density at radius 3 is 1.04 bits per heavy atom. The average Bonchev–Trinajstić information content (AvgIpc) is 1.54. The molecule has 6 heterocycles. The summed E-state index contributed by atoms with van der Waals surface area (Å²) < 4.78 is 15.6. The van der Waals surface area contributed by atoms with Crippen LogP contribution in [0, 0.1) is 0 Å². The third-order valence-corrected chi connectivity index (χ3v) is 23.6. The molecule has 20 rings (SSSR count). The molecule has 20 aromatic rings. The predicted octanol–water partition coefficient (Wildman–Crippen LogP) is 26.7. The lowest BCUT2D eigenvalue weighted by Crippen LogP contribution is -1.93. The number of rotatable bonds is 8. The molecule has 0 aliphatic heterocycles. The van der Waals surface area contributed by atoms with Gasteiger partial charge in [-0.25, -0.2) is 0 Å². The molecule has 0 fully saturated rings. The maximum Gasteiger partial charge on any atom is 0.0734 e. The highest BCUT2D eigenvalue weighted by atomic mass is 32.1. The Morgan fingerprint density at radius 2 is 0.532 bits per heavy atom. The van der Waals surface area contributed by atoms with E-state index >= 15 is 0 Å². The molecule has 0 bridgehead atoms. The van der Waals surface area contributed by atoms with Crippen molar-refractivity contribution in [3.63, 3.8) is 0 Å². The van der Waals surface area contributed by atoms with Gasteiger partial charge in [-0.05, 0) is 133 Å².